The first kappa shape index (κ1) is 23.2. The molecule has 0 radical (unpaired) electrons. The summed E-state index contributed by atoms with van der Waals surface area (Å²) in [7, 11) is 5.11. The second-order valence-electron chi connectivity index (χ2n) is 6.70. The highest BCUT2D eigenvalue weighted by molar-refractivity contribution is 5.98. The van der Waals surface area contributed by atoms with Gasteiger partial charge in [-0.2, -0.15) is 5.26 Å². The topological polar surface area (TPSA) is 109 Å². The molecule has 0 atom stereocenters. The molecule has 0 unspecified atom stereocenters. The molecule has 31 heavy (non-hydrogen) atoms. The van der Waals surface area contributed by atoms with Gasteiger partial charge in [0.15, 0.2) is 6.61 Å². The highest BCUT2D eigenvalue weighted by Gasteiger charge is 2.13. The molecule has 0 fully saturated rings. The van der Waals surface area contributed by atoms with Crippen molar-refractivity contribution in [3.8, 4) is 6.07 Å². The molecule has 0 bridgehead atoms. The Morgan fingerprint density at radius 3 is 2.26 bits per heavy atom. The fourth-order valence-corrected chi connectivity index (χ4v) is 2.51. The smallest absolute Gasteiger partial charge is 0.349 e. The van der Waals surface area contributed by atoms with E-state index in [0.717, 1.165) is 11.3 Å². The molecule has 2 rings (SSSR count). The monoisotopic (exact) mass is 421 g/mol. The number of rotatable bonds is 8. The molecule has 0 aromatic heterocycles. The van der Waals surface area contributed by atoms with Gasteiger partial charge in [-0.1, -0.05) is 24.3 Å². The van der Waals surface area contributed by atoms with Crippen molar-refractivity contribution in [2.75, 3.05) is 32.7 Å². The van der Waals surface area contributed by atoms with Crippen LogP contribution in [-0.4, -0.2) is 45.7 Å². The molecule has 160 valence electrons. The Morgan fingerprint density at radius 1 is 1.06 bits per heavy atom. The van der Waals surface area contributed by atoms with Crippen LogP contribution < -0.4 is 10.2 Å². The van der Waals surface area contributed by atoms with E-state index in [-0.39, 0.29) is 12.1 Å². The first-order chi connectivity index (χ1) is 14.8. The van der Waals surface area contributed by atoms with Gasteiger partial charge in [0.2, 0.25) is 0 Å². The number of methoxy groups -OCH3 is 1. The van der Waals surface area contributed by atoms with Crippen LogP contribution in [0, 0.1) is 11.3 Å². The van der Waals surface area contributed by atoms with Crippen LogP contribution in [-0.2, 0) is 25.6 Å². The minimum absolute atomic E-state index is 0.191. The van der Waals surface area contributed by atoms with Gasteiger partial charge in [-0.05, 0) is 41.5 Å². The molecule has 1 N–H and O–H groups in total. The Labute approximate surface area is 180 Å². The largest absolute Gasteiger partial charge is 0.465 e. The number of nitrogens with one attached hydrogen (secondary N) is 1. The summed E-state index contributed by atoms with van der Waals surface area (Å²) in [6.07, 6.45) is 1.41. The number of nitriles is 1. The van der Waals surface area contributed by atoms with E-state index in [4.69, 9.17) is 4.74 Å². The van der Waals surface area contributed by atoms with E-state index in [1.165, 1.54) is 13.2 Å². The highest BCUT2D eigenvalue weighted by Crippen LogP contribution is 2.15. The zero-order valence-corrected chi connectivity index (χ0v) is 17.5. The molecule has 8 nitrogen and oxygen atoms in total. The summed E-state index contributed by atoms with van der Waals surface area (Å²) in [6.45, 7) is -0.325. The number of benzene rings is 2. The number of hydrogen-bond donors (Lipinski definition) is 1. The average molecular weight is 421 g/mol. The van der Waals surface area contributed by atoms with Crippen LogP contribution >= 0.6 is 0 Å². The molecule has 0 saturated carbocycles. The molecule has 0 aliphatic rings. The summed E-state index contributed by atoms with van der Waals surface area (Å²) in [4.78, 5) is 37.4. The minimum atomic E-state index is -0.878. The summed E-state index contributed by atoms with van der Waals surface area (Å²) in [5, 5.41) is 11.8. The standard InChI is InChI=1S/C23H23N3O5/c1-26(2)20-10-6-16(7-11-20)12-19(13-24)23(29)31-15-21(27)25-14-17-4-8-18(9-5-17)22(28)30-3/h4-12H,14-15H2,1-3H3,(H,25,27)/b19-12+. The molecule has 8 heteroatoms. The van der Waals surface area contributed by atoms with Crippen molar-refractivity contribution in [1.82, 2.24) is 5.32 Å². The van der Waals surface area contributed by atoms with Crippen molar-refractivity contribution in [2.45, 2.75) is 6.54 Å². The van der Waals surface area contributed by atoms with Crippen LogP contribution in [0.5, 0.6) is 0 Å². The number of amides is 1. The van der Waals surface area contributed by atoms with Gasteiger partial charge in [0.25, 0.3) is 5.91 Å². The fourth-order valence-electron chi connectivity index (χ4n) is 2.51. The third kappa shape index (κ3) is 7.01. The van der Waals surface area contributed by atoms with E-state index in [2.05, 4.69) is 10.1 Å². The first-order valence-electron chi connectivity index (χ1n) is 9.34. The van der Waals surface area contributed by atoms with Crippen LogP contribution in [0.3, 0.4) is 0 Å². The molecule has 2 aromatic carbocycles. The van der Waals surface area contributed by atoms with Gasteiger partial charge in [-0.25, -0.2) is 9.59 Å². The molecular weight excluding hydrogens is 398 g/mol. The van der Waals surface area contributed by atoms with Gasteiger partial charge in [0.05, 0.1) is 12.7 Å². The number of ether oxygens (including phenoxy) is 2. The normalized spacial score (nSPS) is 10.6. The number of carbonyl (C=O) groups is 3. The van der Waals surface area contributed by atoms with E-state index in [9.17, 15) is 19.6 Å². The van der Waals surface area contributed by atoms with E-state index in [1.54, 1.807) is 42.5 Å². The molecule has 0 aliphatic carbocycles. The maximum Gasteiger partial charge on any atom is 0.349 e. The molecule has 0 aliphatic heterocycles. The van der Waals surface area contributed by atoms with Gasteiger partial charge in [-0.15, -0.1) is 0 Å². The van der Waals surface area contributed by atoms with Gasteiger partial charge in [-0.3, -0.25) is 4.79 Å². The van der Waals surface area contributed by atoms with Crippen molar-refractivity contribution >= 4 is 29.6 Å². The molecule has 0 spiro atoms. The Bertz CT molecular complexity index is 1000. The van der Waals surface area contributed by atoms with E-state index >= 15 is 0 Å². The first-order valence-corrected chi connectivity index (χ1v) is 9.34. The Hall–Kier alpha value is -4.12. The quantitative estimate of drug-likeness (QED) is 0.396. The number of carbonyl (C=O) groups excluding carboxylic acids is 3. The second-order valence-corrected chi connectivity index (χ2v) is 6.70. The van der Waals surface area contributed by atoms with Crippen molar-refractivity contribution in [1.29, 1.82) is 5.26 Å². The lowest BCUT2D eigenvalue weighted by Crippen LogP contribution is -2.28. The van der Waals surface area contributed by atoms with Crippen molar-refractivity contribution in [2.24, 2.45) is 0 Å². The average Bonchev–Trinajstić information content (AvgIpc) is 2.79. The zero-order valence-electron chi connectivity index (χ0n) is 17.5. The van der Waals surface area contributed by atoms with Crippen molar-refractivity contribution < 1.29 is 23.9 Å². The van der Waals surface area contributed by atoms with Crippen molar-refractivity contribution in [3.63, 3.8) is 0 Å². The second kappa shape index (κ2) is 11.2. The molecule has 0 heterocycles. The van der Waals surface area contributed by atoms with E-state index < -0.39 is 24.5 Å². The van der Waals surface area contributed by atoms with Crippen molar-refractivity contribution in [3.05, 3.63) is 70.8 Å². The lowest BCUT2D eigenvalue weighted by atomic mass is 10.1. The predicted molar refractivity (Wildman–Crippen MR) is 115 cm³/mol. The van der Waals surface area contributed by atoms with Crippen LogP contribution in [0.1, 0.15) is 21.5 Å². The Kier molecular flexibility index (Phi) is 8.34. The zero-order chi connectivity index (χ0) is 22.8. The third-order valence-electron chi connectivity index (χ3n) is 4.26. The maximum absolute atomic E-state index is 12.1. The van der Waals surface area contributed by atoms with Gasteiger partial charge >= 0.3 is 11.9 Å². The highest BCUT2D eigenvalue weighted by atomic mass is 16.5. The summed E-state index contributed by atoms with van der Waals surface area (Å²) >= 11 is 0. The third-order valence-corrected chi connectivity index (χ3v) is 4.26. The summed E-state index contributed by atoms with van der Waals surface area (Å²) in [5.41, 5.74) is 2.60. The lowest BCUT2D eigenvalue weighted by molar-refractivity contribution is -0.144. The number of nitrogens with zero attached hydrogens (tertiary/aromatic N) is 2. The maximum atomic E-state index is 12.1. The van der Waals surface area contributed by atoms with Gasteiger partial charge < -0.3 is 19.7 Å². The van der Waals surface area contributed by atoms with E-state index in [1.807, 2.05) is 31.1 Å². The molecule has 2 aromatic rings. The summed E-state index contributed by atoms with van der Waals surface area (Å²) < 4.78 is 9.56. The number of anilines is 1. The van der Waals surface area contributed by atoms with Gasteiger partial charge in [0.1, 0.15) is 11.6 Å². The number of esters is 2. The summed E-state index contributed by atoms with van der Waals surface area (Å²) in [5.74, 6) is -1.84. The molecule has 1 amide bonds. The lowest BCUT2D eigenvalue weighted by Gasteiger charge is -2.11. The van der Waals surface area contributed by atoms with Crippen LogP contribution in [0.2, 0.25) is 0 Å². The number of hydrogen-bond acceptors (Lipinski definition) is 7. The molecule has 0 saturated heterocycles. The fraction of sp³-hybridized carbons (Fsp3) is 0.217. The Balaban J connectivity index is 1.86. The predicted octanol–water partition coefficient (Wildman–Crippen LogP) is 2.31. The molecular formula is C23H23N3O5. The Morgan fingerprint density at radius 2 is 1.71 bits per heavy atom. The van der Waals surface area contributed by atoms with Crippen LogP contribution in [0.4, 0.5) is 5.69 Å². The summed E-state index contributed by atoms with van der Waals surface area (Å²) in [6, 6.07) is 15.6. The van der Waals surface area contributed by atoms with E-state index in [0.29, 0.717) is 11.1 Å². The SMILES string of the molecule is COC(=O)c1ccc(CNC(=O)COC(=O)/C(C#N)=C/c2ccc(N(C)C)cc2)cc1. The van der Waals surface area contributed by atoms with Gasteiger partial charge in [0, 0.05) is 26.3 Å². The van der Waals surface area contributed by atoms with Crippen LogP contribution in [0.25, 0.3) is 6.08 Å². The van der Waals surface area contributed by atoms with Crippen LogP contribution in [0.15, 0.2) is 54.1 Å². The minimum Gasteiger partial charge on any atom is -0.465 e.